The molecule has 0 bridgehead atoms. The van der Waals surface area contributed by atoms with Gasteiger partial charge in [-0.15, -0.1) is 0 Å². The Morgan fingerprint density at radius 2 is 2.05 bits per heavy atom. The van der Waals surface area contributed by atoms with E-state index >= 15 is 0 Å². The van der Waals surface area contributed by atoms with Gasteiger partial charge in [0.1, 0.15) is 0 Å². The average molecular weight is 261 g/mol. The van der Waals surface area contributed by atoms with Gasteiger partial charge in [0.05, 0.1) is 6.42 Å². The summed E-state index contributed by atoms with van der Waals surface area (Å²) in [5.41, 5.74) is 2.38. The topological polar surface area (TPSA) is 52.7 Å². The predicted molar refractivity (Wildman–Crippen MR) is 74.3 cm³/mol. The highest BCUT2D eigenvalue weighted by Crippen LogP contribution is 2.22. The molecule has 0 radical (unpaired) electrons. The summed E-state index contributed by atoms with van der Waals surface area (Å²) in [6, 6.07) is 5.57. The second-order valence-electron chi connectivity index (χ2n) is 5.04. The summed E-state index contributed by atoms with van der Waals surface area (Å²) in [4.78, 5) is 26.9. The molecule has 19 heavy (non-hydrogen) atoms. The van der Waals surface area contributed by atoms with E-state index in [4.69, 9.17) is 0 Å². The number of amides is 2. The summed E-state index contributed by atoms with van der Waals surface area (Å²) in [5, 5.41) is 3.29. The fourth-order valence-electron chi connectivity index (χ4n) is 2.06. The van der Waals surface area contributed by atoms with Gasteiger partial charge < -0.3 is 10.2 Å². The highest BCUT2D eigenvalue weighted by atomic mass is 16.2. The lowest BCUT2D eigenvalue weighted by Crippen LogP contribution is -2.39. The van der Waals surface area contributed by atoms with Crippen molar-refractivity contribution in [1.82, 2.24) is 9.80 Å². The third kappa shape index (κ3) is 2.93. The molecule has 0 unspecified atom stereocenters. The van der Waals surface area contributed by atoms with E-state index in [-0.39, 0.29) is 11.8 Å². The first-order valence-corrected chi connectivity index (χ1v) is 6.31. The summed E-state index contributed by atoms with van der Waals surface area (Å²) < 4.78 is 0. The summed E-state index contributed by atoms with van der Waals surface area (Å²) in [6.45, 7) is 1.76. The van der Waals surface area contributed by atoms with E-state index in [0.717, 1.165) is 24.3 Å². The molecule has 0 spiro atoms. The molecule has 1 N–H and O–H groups in total. The maximum absolute atomic E-state index is 11.9. The van der Waals surface area contributed by atoms with Gasteiger partial charge >= 0.3 is 0 Å². The van der Waals surface area contributed by atoms with Crippen LogP contribution in [0.25, 0.3) is 0 Å². The Morgan fingerprint density at radius 3 is 2.74 bits per heavy atom. The molecule has 0 aliphatic carbocycles. The minimum atomic E-state index is -0.217. The van der Waals surface area contributed by atoms with Crippen LogP contribution in [0.3, 0.4) is 0 Å². The van der Waals surface area contributed by atoms with E-state index in [1.165, 1.54) is 11.9 Å². The van der Waals surface area contributed by atoms with Crippen molar-refractivity contribution in [2.24, 2.45) is 0 Å². The van der Waals surface area contributed by atoms with Gasteiger partial charge in [-0.25, -0.2) is 0 Å². The highest BCUT2D eigenvalue weighted by molar-refractivity contribution is 6.09. The van der Waals surface area contributed by atoms with Crippen LogP contribution < -0.4 is 5.32 Å². The molecule has 0 atom stereocenters. The first kappa shape index (κ1) is 13.5. The van der Waals surface area contributed by atoms with Crippen LogP contribution in [0.4, 0.5) is 5.69 Å². The first-order valence-electron chi connectivity index (χ1n) is 6.31. The Kier molecular flexibility index (Phi) is 3.85. The summed E-state index contributed by atoms with van der Waals surface area (Å²) in [5.74, 6) is -0.367. The third-order valence-corrected chi connectivity index (χ3v) is 3.24. The summed E-state index contributed by atoms with van der Waals surface area (Å²) in [6.07, 6.45) is 0.292. The van der Waals surface area contributed by atoms with E-state index in [1.807, 2.05) is 26.2 Å². The Hall–Kier alpha value is -1.88. The van der Waals surface area contributed by atoms with Crippen molar-refractivity contribution < 1.29 is 9.59 Å². The molecule has 1 aliphatic rings. The number of rotatable bonds is 4. The van der Waals surface area contributed by atoms with E-state index in [1.54, 1.807) is 6.07 Å². The maximum atomic E-state index is 11.9. The van der Waals surface area contributed by atoms with Crippen molar-refractivity contribution >= 4 is 17.5 Å². The number of hydrogen-bond acceptors (Lipinski definition) is 4. The zero-order valence-corrected chi connectivity index (χ0v) is 11.6. The van der Waals surface area contributed by atoms with Crippen molar-refractivity contribution in [3.05, 3.63) is 29.3 Å². The number of imide groups is 1. The lowest BCUT2D eigenvalue weighted by Gasteiger charge is -2.23. The van der Waals surface area contributed by atoms with Crippen LogP contribution in [-0.2, 0) is 11.2 Å². The van der Waals surface area contributed by atoms with Crippen LogP contribution in [0.1, 0.15) is 15.9 Å². The van der Waals surface area contributed by atoms with Gasteiger partial charge in [-0.3, -0.25) is 14.5 Å². The second kappa shape index (κ2) is 5.40. The van der Waals surface area contributed by atoms with Crippen LogP contribution >= 0.6 is 0 Å². The maximum Gasteiger partial charge on any atom is 0.260 e. The molecule has 1 aromatic carbocycles. The van der Waals surface area contributed by atoms with Crippen molar-refractivity contribution in [1.29, 1.82) is 0 Å². The second-order valence-corrected chi connectivity index (χ2v) is 5.04. The molecule has 0 fully saturated rings. The Balaban J connectivity index is 2.13. The number of likely N-dealkylation sites (N-methyl/N-ethyl adjacent to an activating group) is 2. The largest absolute Gasteiger partial charge is 0.384 e. The number of carbonyl (C=O) groups is 2. The van der Waals surface area contributed by atoms with Gasteiger partial charge in [-0.05, 0) is 37.9 Å². The van der Waals surface area contributed by atoms with Gasteiger partial charge in [0.15, 0.2) is 0 Å². The molecule has 0 saturated carbocycles. The molecule has 2 amide bonds. The zero-order chi connectivity index (χ0) is 14.0. The van der Waals surface area contributed by atoms with Crippen molar-refractivity contribution in [2.75, 3.05) is 39.5 Å². The van der Waals surface area contributed by atoms with Crippen molar-refractivity contribution in [3.63, 3.8) is 0 Å². The molecular weight excluding hydrogens is 242 g/mol. The van der Waals surface area contributed by atoms with E-state index in [9.17, 15) is 9.59 Å². The molecule has 5 heteroatoms. The van der Waals surface area contributed by atoms with Gasteiger partial charge in [0, 0.05) is 31.4 Å². The molecule has 1 heterocycles. The molecule has 0 aromatic heterocycles. The Labute approximate surface area is 113 Å². The van der Waals surface area contributed by atoms with Crippen LogP contribution in [0.5, 0.6) is 0 Å². The molecule has 2 rings (SSSR count). The smallest absolute Gasteiger partial charge is 0.260 e. The number of anilines is 1. The Morgan fingerprint density at radius 1 is 1.32 bits per heavy atom. The molecule has 1 aliphatic heterocycles. The number of carbonyl (C=O) groups excluding carboxylic acids is 2. The van der Waals surface area contributed by atoms with Crippen molar-refractivity contribution in [3.8, 4) is 0 Å². The highest BCUT2D eigenvalue weighted by Gasteiger charge is 2.27. The van der Waals surface area contributed by atoms with Gasteiger partial charge in [-0.2, -0.15) is 0 Å². The number of benzene rings is 1. The predicted octanol–water partition coefficient (Wildman–Crippen LogP) is 0.815. The van der Waals surface area contributed by atoms with Gasteiger partial charge in [-0.1, -0.05) is 0 Å². The number of hydrogen-bond donors (Lipinski definition) is 1. The summed E-state index contributed by atoms with van der Waals surface area (Å²) >= 11 is 0. The zero-order valence-electron chi connectivity index (χ0n) is 11.6. The molecule has 5 nitrogen and oxygen atoms in total. The van der Waals surface area contributed by atoms with E-state index in [2.05, 4.69) is 10.2 Å². The van der Waals surface area contributed by atoms with Crippen LogP contribution in [0.15, 0.2) is 18.2 Å². The van der Waals surface area contributed by atoms with Crippen molar-refractivity contribution in [2.45, 2.75) is 6.42 Å². The van der Waals surface area contributed by atoms with E-state index < -0.39 is 0 Å². The average Bonchev–Trinajstić information content (AvgIpc) is 2.35. The fraction of sp³-hybridized carbons (Fsp3) is 0.429. The molecule has 102 valence electrons. The van der Waals surface area contributed by atoms with E-state index in [0.29, 0.717) is 12.0 Å². The SMILES string of the molecule is CN(C)CCNc1ccc2c(c1)CC(=O)N(C)C2=O. The number of nitrogens with zero attached hydrogens (tertiary/aromatic N) is 2. The number of fused-ring (bicyclic) bond motifs is 1. The minimum Gasteiger partial charge on any atom is -0.384 e. The number of nitrogens with one attached hydrogen (secondary N) is 1. The van der Waals surface area contributed by atoms with Crippen LogP contribution in [0, 0.1) is 0 Å². The minimum absolute atomic E-state index is 0.150. The quantitative estimate of drug-likeness (QED) is 0.815. The molecule has 1 aromatic rings. The van der Waals surface area contributed by atoms with Gasteiger partial charge in [0.25, 0.3) is 5.91 Å². The first-order chi connectivity index (χ1) is 8.99. The Bertz CT molecular complexity index is 511. The monoisotopic (exact) mass is 261 g/mol. The summed E-state index contributed by atoms with van der Waals surface area (Å²) in [7, 11) is 5.56. The third-order valence-electron chi connectivity index (χ3n) is 3.24. The van der Waals surface area contributed by atoms with Gasteiger partial charge in [0.2, 0.25) is 5.91 Å². The molecular formula is C14H19N3O2. The van der Waals surface area contributed by atoms with Crippen LogP contribution in [-0.4, -0.2) is 55.8 Å². The fourth-order valence-corrected chi connectivity index (χ4v) is 2.06. The van der Waals surface area contributed by atoms with Crippen LogP contribution in [0.2, 0.25) is 0 Å². The lowest BCUT2D eigenvalue weighted by atomic mass is 9.98. The normalized spacial score (nSPS) is 14.8. The standard InChI is InChI=1S/C14H19N3O2/c1-16(2)7-6-15-11-4-5-12-10(8-11)9-13(18)17(3)14(12)19/h4-5,8,15H,6-7,9H2,1-3H3. The molecule has 0 saturated heterocycles. The lowest BCUT2D eigenvalue weighted by molar-refractivity contribution is -0.127.